The van der Waals surface area contributed by atoms with Gasteiger partial charge in [0.15, 0.2) is 6.04 Å². The molecule has 0 saturated carbocycles. The SMILES string of the molecule is CCOC(=O)[C@@H](Cc1ccccc1)NC(F)(F)C1N(C(=O)OCc2ccccc2)CCC1(F)F. The van der Waals surface area contributed by atoms with Crippen molar-refractivity contribution >= 4 is 12.1 Å². The van der Waals surface area contributed by atoms with E-state index < -0.39 is 49.1 Å². The van der Waals surface area contributed by atoms with Gasteiger partial charge in [-0.25, -0.2) is 18.9 Å². The fraction of sp³-hybridized carbons (Fsp3) is 0.417. The number of carbonyl (C=O) groups excluding carboxylic acids is 2. The number of hydrogen-bond acceptors (Lipinski definition) is 5. The zero-order valence-electron chi connectivity index (χ0n) is 18.6. The first-order chi connectivity index (χ1) is 16.1. The number of nitrogens with zero attached hydrogens (tertiary/aromatic N) is 1. The van der Waals surface area contributed by atoms with Crippen molar-refractivity contribution in [1.82, 2.24) is 10.2 Å². The number of alkyl halides is 4. The van der Waals surface area contributed by atoms with Gasteiger partial charge in [0.25, 0.3) is 5.92 Å². The fourth-order valence-electron chi connectivity index (χ4n) is 3.82. The monoisotopic (exact) mass is 482 g/mol. The highest BCUT2D eigenvalue weighted by Crippen LogP contribution is 2.42. The van der Waals surface area contributed by atoms with Crippen molar-refractivity contribution in [3.8, 4) is 0 Å². The lowest BCUT2D eigenvalue weighted by Crippen LogP contribution is -2.63. The minimum atomic E-state index is -4.32. The van der Waals surface area contributed by atoms with Crippen molar-refractivity contribution in [3.63, 3.8) is 0 Å². The van der Waals surface area contributed by atoms with E-state index >= 15 is 8.78 Å². The van der Waals surface area contributed by atoms with E-state index in [-0.39, 0.29) is 19.6 Å². The Balaban J connectivity index is 1.78. The number of ether oxygens (including phenoxy) is 2. The van der Waals surface area contributed by atoms with Crippen LogP contribution in [-0.4, -0.2) is 54.2 Å². The third-order valence-electron chi connectivity index (χ3n) is 5.40. The smallest absolute Gasteiger partial charge is 0.410 e. The average Bonchev–Trinajstić information content (AvgIpc) is 3.14. The summed E-state index contributed by atoms with van der Waals surface area (Å²) in [4.78, 5) is 25.2. The molecule has 1 heterocycles. The lowest BCUT2D eigenvalue weighted by Gasteiger charge is -2.35. The Kier molecular flexibility index (Phi) is 8.14. The second-order valence-electron chi connectivity index (χ2n) is 7.91. The Morgan fingerprint density at radius 3 is 2.24 bits per heavy atom. The molecule has 3 rings (SSSR count). The first kappa shape index (κ1) is 25.5. The van der Waals surface area contributed by atoms with Gasteiger partial charge >= 0.3 is 18.1 Å². The summed E-state index contributed by atoms with van der Waals surface area (Å²) in [7, 11) is 0. The molecule has 2 aromatic rings. The normalized spacial score (nSPS) is 18.4. The minimum Gasteiger partial charge on any atom is -0.465 e. The Bertz CT molecular complexity index is 960. The summed E-state index contributed by atoms with van der Waals surface area (Å²) in [6.45, 7) is 0.554. The number of carbonyl (C=O) groups is 2. The molecule has 0 bridgehead atoms. The molecular formula is C24H26F4N2O4. The van der Waals surface area contributed by atoms with Crippen LogP contribution in [0.15, 0.2) is 60.7 Å². The third-order valence-corrected chi connectivity index (χ3v) is 5.40. The molecule has 0 spiro atoms. The van der Waals surface area contributed by atoms with Gasteiger partial charge in [0.2, 0.25) is 0 Å². The van der Waals surface area contributed by atoms with Gasteiger partial charge in [-0.2, -0.15) is 8.78 Å². The van der Waals surface area contributed by atoms with Gasteiger partial charge in [0.05, 0.1) is 6.61 Å². The van der Waals surface area contributed by atoms with E-state index in [1.54, 1.807) is 66.0 Å². The highest BCUT2D eigenvalue weighted by atomic mass is 19.3. The molecule has 1 aliphatic rings. The Morgan fingerprint density at radius 2 is 1.65 bits per heavy atom. The molecular weight excluding hydrogens is 456 g/mol. The van der Waals surface area contributed by atoms with Crippen molar-refractivity contribution in [2.45, 2.75) is 50.4 Å². The van der Waals surface area contributed by atoms with E-state index in [1.807, 2.05) is 0 Å². The van der Waals surface area contributed by atoms with Crippen LogP contribution in [0.5, 0.6) is 0 Å². The average molecular weight is 482 g/mol. The summed E-state index contributed by atoms with van der Waals surface area (Å²) < 4.78 is 69.7. The van der Waals surface area contributed by atoms with E-state index in [9.17, 15) is 18.4 Å². The van der Waals surface area contributed by atoms with Crippen molar-refractivity contribution in [2.24, 2.45) is 0 Å². The summed E-state index contributed by atoms with van der Waals surface area (Å²) >= 11 is 0. The number of benzene rings is 2. The molecule has 2 aromatic carbocycles. The fourth-order valence-corrected chi connectivity index (χ4v) is 3.82. The second kappa shape index (κ2) is 10.9. The summed E-state index contributed by atoms with van der Waals surface area (Å²) in [6, 6.07) is 7.90. The number of hydrogen-bond donors (Lipinski definition) is 1. The van der Waals surface area contributed by atoms with E-state index in [2.05, 4.69) is 0 Å². The van der Waals surface area contributed by atoms with E-state index in [0.29, 0.717) is 16.0 Å². The number of nitrogens with one attached hydrogen (secondary N) is 1. The van der Waals surface area contributed by atoms with E-state index in [4.69, 9.17) is 9.47 Å². The number of likely N-dealkylation sites (tertiary alicyclic amines) is 1. The van der Waals surface area contributed by atoms with Crippen LogP contribution >= 0.6 is 0 Å². The maximum absolute atomic E-state index is 15.3. The van der Waals surface area contributed by atoms with Crippen LogP contribution in [0.4, 0.5) is 22.4 Å². The highest BCUT2D eigenvalue weighted by Gasteiger charge is 2.63. The van der Waals surface area contributed by atoms with Gasteiger partial charge < -0.3 is 9.47 Å². The molecule has 0 radical (unpaired) electrons. The zero-order chi connectivity index (χ0) is 24.8. The highest BCUT2D eigenvalue weighted by molar-refractivity contribution is 5.76. The van der Waals surface area contributed by atoms with Crippen molar-refractivity contribution in [3.05, 3.63) is 71.8 Å². The molecule has 34 heavy (non-hydrogen) atoms. The minimum absolute atomic E-state index is 0.0745. The maximum atomic E-state index is 15.3. The maximum Gasteiger partial charge on any atom is 0.410 e. The lowest BCUT2D eigenvalue weighted by molar-refractivity contribution is -0.177. The predicted octanol–water partition coefficient (Wildman–Crippen LogP) is 4.39. The van der Waals surface area contributed by atoms with Gasteiger partial charge in [-0.1, -0.05) is 60.7 Å². The van der Waals surface area contributed by atoms with Gasteiger partial charge in [-0.05, 0) is 24.5 Å². The van der Waals surface area contributed by atoms with Gasteiger partial charge in [-0.3, -0.25) is 9.69 Å². The number of esters is 1. The molecule has 6 nitrogen and oxygen atoms in total. The van der Waals surface area contributed by atoms with Crippen molar-refractivity contribution in [1.29, 1.82) is 0 Å². The molecule has 10 heteroatoms. The first-order valence-electron chi connectivity index (χ1n) is 10.8. The quantitative estimate of drug-likeness (QED) is 0.326. The summed E-state index contributed by atoms with van der Waals surface area (Å²) in [5.74, 6) is -4.92. The van der Waals surface area contributed by atoms with E-state index in [0.717, 1.165) is 0 Å². The summed E-state index contributed by atoms with van der Waals surface area (Å²) in [5, 5.41) is 1.75. The molecule has 1 amide bonds. The van der Waals surface area contributed by atoms with Crippen LogP contribution in [-0.2, 0) is 27.3 Å². The zero-order valence-corrected chi connectivity index (χ0v) is 18.6. The topological polar surface area (TPSA) is 67.9 Å². The van der Waals surface area contributed by atoms with Crippen LogP contribution in [0, 0.1) is 0 Å². The standard InChI is InChI=1S/C24H26F4N2O4/c1-2-33-20(31)19(15-17-9-5-3-6-10-17)29-24(27,28)21-23(25,26)13-14-30(21)22(32)34-16-18-11-7-4-8-12-18/h3-12,19,21,29H,2,13-16H2,1H3/t19-,21?/m1/s1. The number of amides is 1. The molecule has 0 aliphatic carbocycles. The number of halogens is 4. The molecule has 1 fully saturated rings. The van der Waals surface area contributed by atoms with Gasteiger partial charge in [-0.15, -0.1) is 0 Å². The summed E-state index contributed by atoms with van der Waals surface area (Å²) in [5.41, 5.74) is 1.11. The molecule has 184 valence electrons. The van der Waals surface area contributed by atoms with Crippen molar-refractivity contribution < 1.29 is 36.6 Å². The third kappa shape index (κ3) is 6.25. The van der Waals surface area contributed by atoms with Crippen LogP contribution in [0.25, 0.3) is 0 Å². The van der Waals surface area contributed by atoms with Crippen LogP contribution < -0.4 is 5.32 Å². The lowest BCUT2D eigenvalue weighted by atomic mass is 10.0. The van der Waals surface area contributed by atoms with Crippen molar-refractivity contribution in [2.75, 3.05) is 13.2 Å². The molecule has 1 unspecified atom stereocenters. The van der Waals surface area contributed by atoms with E-state index in [1.165, 1.54) is 6.92 Å². The van der Waals surface area contributed by atoms with Gasteiger partial charge in [0.1, 0.15) is 12.6 Å². The summed E-state index contributed by atoms with van der Waals surface area (Å²) in [6.07, 6.45) is -2.47. The van der Waals surface area contributed by atoms with Crippen LogP contribution in [0.2, 0.25) is 0 Å². The molecule has 1 N–H and O–H groups in total. The predicted molar refractivity (Wildman–Crippen MR) is 115 cm³/mol. The van der Waals surface area contributed by atoms with Gasteiger partial charge in [0, 0.05) is 13.0 Å². The first-order valence-corrected chi connectivity index (χ1v) is 10.8. The Labute approximate surface area is 194 Å². The van der Waals surface area contributed by atoms with Crippen LogP contribution in [0.3, 0.4) is 0 Å². The number of rotatable bonds is 9. The molecule has 0 aromatic heterocycles. The molecule has 2 atom stereocenters. The second-order valence-corrected chi connectivity index (χ2v) is 7.91. The molecule has 1 saturated heterocycles. The Hall–Kier alpha value is -3.14. The molecule has 1 aliphatic heterocycles. The van der Waals surface area contributed by atoms with Crippen LogP contribution in [0.1, 0.15) is 24.5 Å². The Morgan fingerprint density at radius 1 is 1.06 bits per heavy atom. The largest absolute Gasteiger partial charge is 0.465 e.